The first kappa shape index (κ1) is 24.5. The summed E-state index contributed by atoms with van der Waals surface area (Å²) in [6, 6.07) is 10.2. The van der Waals surface area contributed by atoms with Crippen LogP contribution in [-0.2, 0) is 6.54 Å². The quantitative estimate of drug-likeness (QED) is 0.325. The minimum Gasteiger partial charge on any atom is -0.508 e. The van der Waals surface area contributed by atoms with Crippen LogP contribution in [0.5, 0.6) is 5.75 Å². The van der Waals surface area contributed by atoms with Gasteiger partial charge in [0.25, 0.3) is 5.91 Å². The number of halogens is 2. The Morgan fingerprint density at radius 3 is 2.68 bits per heavy atom. The van der Waals surface area contributed by atoms with Gasteiger partial charge in [-0.15, -0.1) is 36.6 Å². The van der Waals surface area contributed by atoms with Crippen molar-refractivity contribution >= 4 is 65.0 Å². The van der Waals surface area contributed by atoms with E-state index in [2.05, 4.69) is 15.3 Å². The van der Waals surface area contributed by atoms with Crippen LogP contribution in [-0.4, -0.2) is 49.9 Å². The number of amidine groups is 1. The summed E-state index contributed by atoms with van der Waals surface area (Å²) in [5.41, 5.74) is 7.94. The van der Waals surface area contributed by atoms with Gasteiger partial charge >= 0.3 is 0 Å². The third kappa shape index (κ3) is 5.30. The average Bonchev–Trinajstić information content (AvgIpc) is 3.27. The molecule has 0 atom stereocenters. The van der Waals surface area contributed by atoms with Gasteiger partial charge in [0.1, 0.15) is 23.7 Å². The number of amides is 1. The normalized spacial score (nSPS) is 12.7. The zero-order chi connectivity index (χ0) is 20.4. The fourth-order valence-corrected chi connectivity index (χ4v) is 4.11. The summed E-state index contributed by atoms with van der Waals surface area (Å²) in [6.07, 6.45) is 1.44. The van der Waals surface area contributed by atoms with E-state index in [4.69, 9.17) is 11.1 Å². The standard InChI is InChI=1S/C20H20N6O2S.2ClH/c21-18(22)12-2-4-17(27)14(7-12)9-23-19-15-3-1-13(8-16(15)24-10-25-19)20(28)26-5-6-29-11-26;;/h1-4,7-8,10,27H,5-6,9,11H2,(H3,21,22)(H,23,24,25);2*1H. The predicted octanol–water partition coefficient (Wildman–Crippen LogP) is 3.22. The first-order chi connectivity index (χ1) is 14.0. The number of aromatic hydroxyl groups is 1. The SMILES string of the molecule is Cl.Cl.N=C(N)c1ccc(O)c(CNc2ncnc3cc(C(=O)N4CCSC4)ccc23)c1. The number of anilines is 1. The minimum atomic E-state index is -0.0627. The Bertz CT molecular complexity index is 1110. The van der Waals surface area contributed by atoms with E-state index in [9.17, 15) is 9.90 Å². The summed E-state index contributed by atoms with van der Waals surface area (Å²) < 4.78 is 0. The van der Waals surface area contributed by atoms with E-state index >= 15 is 0 Å². The summed E-state index contributed by atoms with van der Waals surface area (Å²) in [5.74, 6) is 2.34. The van der Waals surface area contributed by atoms with Crippen molar-refractivity contribution < 1.29 is 9.90 Å². The summed E-state index contributed by atoms with van der Waals surface area (Å²) in [5, 5.41) is 21.6. The lowest BCUT2D eigenvalue weighted by Crippen LogP contribution is -2.27. The zero-order valence-corrected chi connectivity index (χ0v) is 18.8. The van der Waals surface area contributed by atoms with Crippen molar-refractivity contribution in [3.05, 3.63) is 59.4 Å². The summed E-state index contributed by atoms with van der Waals surface area (Å²) in [6.45, 7) is 1.06. The van der Waals surface area contributed by atoms with Crippen LogP contribution in [0.1, 0.15) is 21.5 Å². The number of benzene rings is 2. The van der Waals surface area contributed by atoms with Crippen molar-refractivity contribution in [2.24, 2.45) is 5.73 Å². The Labute approximate surface area is 196 Å². The molecule has 1 aliphatic rings. The van der Waals surface area contributed by atoms with Gasteiger partial charge in [0.15, 0.2) is 0 Å². The first-order valence-corrected chi connectivity index (χ1v) is 10.2. The maximum atomic E-state index is 12.6. The van der Waals surface area contributed by atoms with Gasteiger partial charge in [-0.1, -0.05) is 0 Å². The van der Waals surface area contributed by atoms with Crippen LogP contribution in [0.2, 0.25) is 0 Å². The van der Waals surface area contributed by atoms with Gasteiger partial charge in [-0.05, 0) is 36.4 Å². The van der Waals surface area contributed by atoms with Crippen LogP contribution in [0.4, 0.5) is 5.82 Å². The van der Waals surface area contributed by atoms with E-state index in [0.29, 0.717) is 34.6 Å². The molecule has 0 aliphatic carbocycles. The Hall–Kier alpha value is -2.75. The molecule has 0 saturated carbocycles. The predicted molar refractivity (Wildman–Crippen MR) is 129 cm³/mol. The molecule has 31 heavy (non-hydrogen) atoms. The van der Waals surface area contributed by atoms with Crippen molar-refractivity contribution in [2.45, 2.75) is 6.54 Å². The average molecular weight is 481 g/mol. The Morgan fingerprint density at radius 2 is 1.97 bits per heavy atom. The molecule has 1 saturated heterocycles. The first-order valence-electron chi connectivity index (χ1n) is 9.05. The van der Waals surface area contributed by atoms with Crippen LogP contribution >= 0.6 is 36.6 Å². The summed E-state index contributed by atoms with van der Waals surface area (Å²) >= 11 is 1.75. The highest BCUT2D eigenvalue weighted by Gasteiger charge is 2.20. The number of fused-ring (bicyclic) bond motifs is 1. The van der Waals surface area contributed by atoms with E-state index in [1.54, 1.807) is 36.0 Å². The number of carbonyl (C=O) groups excluding carboxylic acids is 1. The maximum Gasteiger partial charge on any atom is 0.254 e. The third-order valence-corrected chi connectivity index (χ3v) is 5.73. The lowest BCUT2D eigenvalue weighted by Gasteiger charge is -2.15. The lowest BCUT2D eigenvalue weighted by atomic mass is 10.1. The molecule has 4 rings (SSSR count). The molecular formula is C20H22Cl2N6O2S. The van der Waals surface area contributed by atoms with Crippen LogP contribution in [0.25, 0.3) is 10.9 Å². The third-order valence-electron chi connectivity index (χ3n) is 4.76. The van der Waals surface area contributed by atoms with Crippen LogP contribution in [0, 0.1) is 5.41 Å². The van der Waals surface area contributed by atoms with E-state index in [1.807, 2.05) is 11.0 Å². The number of nitrogens with one attached hydrogen (secondary N) is 2. The number of aromatic nitrogens is 2. The lowest BCUT2D eigenvalue weighted by molar-refractivity contribution is 0.0803. The minimum absolute atomic E-state index is 0. The highest BCUT2D eigenvalue weighted by atomic mass is 35.5. The molecule has 0 spiro atoms. The Balaban J connectivity index is 0.00000171. The van der Waals surface area contributed by atoms with E-state index < -0.39 is 0 Å². The number of carbonyl (C=O) groups is 1. The number of phenols is 1. The molecule has 2 heterocycles. The molecule has 1 aliphatic heterocycles. The second kappa shape index (κ2) is 10.5. The van der Waals surface area contributed by atoms with Crippen LogP contribution in [0.3, 0.4) is 0 Å². The molecule has 2 aromatic carbocycles. The van der Waals surface area contributed by atoms with Crippen LogP contribution in [0.15, 0.2) is 42.7 Å². The topological polar surface area (TPSA) is 128 Å². The van der Waals surface area contributed by atoms with Gasteiger partial charge in [-0.2, -0.15) is 0 Å². The second-order valence-corrected chi connectivity index (χ2v) is 7.75. The number of nitrogen functional groups attached to an aromatic ring is 1. The maximum absolute atomic E-state index is 12.6. The molecule has 0 bridgehead atoms. The molecule has 164 valence electrons. The van der Waals surface area contributed by atoms with Gasteiger partial charge < -0.3 is 21.1 Å². The van der Waals surface area contributed by atoms with Gasteiger partial charge in [0.2, 0.25) is 0 Å². The van der Waals surface area contributed by atoms with Crippen molar-refractivity contribution in [3.8, 4) is 5.75 Å². The molecule has 0 unspecified atom stereocenters. The summed E-state index contributed by atoms with van der Waals surface area (Å²) in [4.78, 5) is 23.0. The second-order valence-electron chi connectivity index (χ2n) is 6.67. The zero-order valence-electron chi connectivity index (χ0n) is 16.4. The monoisotopic (exact) mass is 480 g/mol. The molecule has 0 radical (unpaired) electrons. The van der Waals surface area contributed by atoms with Crippen molar-refractivity contribution in [1.82, 2.24) is 14.9 Å². The molecule has 5 N–H and O–H groups in total. The van der Waals surface area contributed by atoms with Crippen molar-refractivity contribution in [2.75, 3.05) is 23.5 Å². The number of hydrogen-bond donors (Lipinski definition) is 4. The molecule has 1 aromatic heterocycles. The highest BCUT2D eigenvalue weighted by molar-refractivity contribution is 7.99. The molecule has 1 amide bonds. The molecule has 11 heteroatoms. The molecule has 3 aromatic rings. The molecular weight excluding hydrogens is 459 g/mol. The summed E-state index contributed by atoms with van der Waals surface area (Å²) in [7, 11) is 0. The highest BCUT2D eigenvalue weighted by Crippen LogP contribution is 2.25. The van der Waals surface area contributed by atoms with Crippen LogP contribution < -0.4 is 11.1 Å². The van der Waals surface area contributed by atoms with Crippen molar-refractivity contribution in [1.29, 1.82) is 5.41 Å². The van der Waals surface area contributed by atoms with Gasteiger partial charge in [-0.25, -0.2) is 9.97 Å². The van der Waals surface area contributed by atoms with Gasteiger partial charge in [0, 0.05) is 40.9 Å². The van der Waals surface area contributed by atoms with Crippen molar-refractivity contribution in [3.63, 3.8) is 0 Å². The fraction of sp³-hybridized carbons (Fsp3) is 0.200. The molecule has 8 nitrogen and oxygen atoms in total. The van der Waals surface area contributed by atoms with Gasteiger partial charge in [-0.3, -0.25) is 10.2 Å². The van der Waals surface area contributed by atoms with E-state index in [1.165, 1.54) is 12.4 Å². The van der Waals surface area contributed by atoms with Gasteiger partial charge in [0.05, 0.1) is 11.4 Å². The number of nitrogens with two attached hydrogens (primary N) is 1. The Kier molecular flexibility index (Phi) is 8.32. The number of rotatable bonds is 5. The largest absolute Gasteiger partial charge is 0.508 e. The fourth-order valence-electron chi connectivity index (χ4n) is 3.16. The molecule has 1 fully saturated rings. The van der Waals surface area contributed by atoms with E-state index in [-0.39, 0.29) is 42.3 Å². The number of thioether (sulfide) groups is 1. The Morgan fingerprint density at radius 1 is 1.19 bits per heavy atom. The number of phenolic OH excluding ortho intramolecular Hbond substituents is 1. The number of nitrogens with zero attached hydrogens (tertiary/aromatic N) is 3. The van der Waals surface area contributed by atoms with E-state index in [0.717, 1.165) is 23.6 Å². The number of hydrogen-bond acceptors (Lipinski definition) is 7. The smallest absolute Gasteiger partial charge is 0.254 e.